The summed E-state index contributed by atoms with van der Waals surface area (Å²) in [5.41, 5.74) is 1.44. The molecule has 6 atom stereocenters. The maximum Gasteiger partial charge on any atom is 0.327 e. The lowest BCUT2D eigenvalue weighted by molar-refractivity contribution is -0.152. The minimum Gasteiger partial charge on any atom is -0.454 e. The Morgan fingerprint density at radius 3 is 2.61 bits per heavy atom. The number of epoxide rings is 1. The topological polar surface area (TPSA) is 90.1 Å². The number of ether oxygens (including phenoxy) is 5. The number of rotatable bonds is 2. The second-order valence-electron chi connectivity index (χ2n) is 9.03. The summed E-state index contributed by atoms with van der Waals surface area (Å²) >= 11 is 3.66. The van der Waals surface area contributed by atoms with Crippen LogP contribution < -0.4 is 9.47 Å². The number of benzene rings is 1. The van der Waals surface area contributed by atoms with Gasteiger partial charge in [0.2, 0.25) is 12.7 Å². The molecular weight excluding hydrogens is 472 g/mol. The molecule has 4 fully saturated rings. The molecule has 3 amide bonds. The first kappa shape index (κ1) is 17.6. The van der Waals surface area contributed by atoms with Gasteiger partial charge in [0, 0.05) is 23.0 Å². The van der Waals surface area contributed by atoms with E-state index in [9.17, 15) is 9.59 Å². The molecule has 1 aromatic rings. The molecule has 31 heavy (non-hydrogen) atoms. The lowest BCUT2D eigenvalue weighted by atomic mass is 9.75. The molecule has 4 aliphatic heterocycles. The van der Waals surface area contributed by atoms with E-state index in [1.54, 1.807) is 17.9 Å². The standard InChI is InChI=1S/C21H23BrN2O7/c1-8-13(22)9(5-10-15(8)28-7-27-10)12-14(24-6-11(25)23(4)20(24)26)17-19(18-16(12)29-18)31-21(2,3)30-17/h5,12,14,16-19H,6-7H2,1-4H3/t12-,14-,16+,17+,18+,19+/m1/s1/i7D2. The predicted octanol–water partition coefficient (Wildman–Crippen LogP) is 2.13. The number of imide groups is 1. The van der Waals surface area contributed by atoms with Crippen LogP contribution in [0.3, 0.4) is 0 Å². The first-order valence-corrected chi connectivity index (χ1v) is 11.0. The van der Waals surface area contributed by atoms with Crippen LogP contribution in [-0.2, 0) is 19.0 Å². The molecule has 1 aromatic carbocycles. The van der Waals surface area contributed by atoms with Crippen LogP contribution in [0.1, 0.15) is 33.6 Å². The van der Waals surface area contributed by atoms with Gasteiger partial charge in [-0.2, -0.15) is 0 Å². The highest BCUT2D eigenvalue weighted by molar-refractivity contribution is 9.10. The van der Waals surface area contributed by atoms with Gasteiger partial charge in [0.25, 0.3) is 0 Å². The minimum atomic E-state index is -2.27. The second kappa shape index (κ2) is 6.34. The minimum absolute atomic E-state index is 0.0649. The van der Waals surface area contributed by atoms with E-state index in [1.807, 2.05) is 13.8 Å². The zero-order chi connectivity index (χ0) is 23.6. The SMILES string of the molecule is [2H]C1([2H])Oc2cc([C@H]3[C@@H]4O[C@@H]4[C@H]4OC(C)(C)O[C@H]4[C@@H]3N3CC(=O)N(C)C3=O)c(Br)c(C)c2O1. The number of halogens is 1. The Balaban J connectivity index is 1.48. The Kier molecular flexibility index (Phi) is 3.61. The van der Waals surface area contributed by atoms with E-state index >= 15 is 0 Å². The van der Waals surface area contributed by atoms with E-state index in [1.165, 1.54) is 7.05 Å². The second-order valence-corrected chi connectivity index (χ2v) is 9.82. The molecule has 9 nitrogen and oxygen atoms in total. The zero-order valence-corrected chi connectivity index (χ0v) is 19.0. The first-order chi connectivity index (χ1) is 15.4. The van der Waals surface area contributed by atoms with Crippen LogP contribution in [0, 0.1) is 6.92 Å². The van der Waals surface area contributed by atoms with Crippen molar-refractivity contribution >= 4 is 27.9 Å². The van der Waals surface area contributed by atoms with Gasteiger partial charge in [0.05, 0.1) is 12.1 Å². The summed E-state index contributed by atoms with van der Waals surface area (Å²) in [7, 11) is 1.47. The third-order valence-electron chi connectivity index (χ3n) is 6.77. The number of urea groups is 1. The maximum absolute atomic E-state index is 13.1. The van der Waals surface area contributed by atoms with Gasteiger partial charge in [0.15, 0.2) is 17.3 Å². The fourth-order valence-corrected chi connectivity index (χ4v) is 5.89. The van der Waals surface area contributed by atoms with Crippen LogP contribution in [0.4, 0.5) is 4.79 Å². The van der Waals surface area contributed by atoms with Gasteiger partial charge in [-0.05, 0) is 32.4 Å². The Bertz CT molecular complexity index is 1100. The van der Waals surface area contributed by atoms with Crippen molar-refractivity contribution in [3.05, 3.63) is 21.7 Å². The molecule has 4 heterocycles. The van der Waals surface area contributed by atoms with E-state index in [-0.39, 0.29) is 42.4 Å². The van der Waals surface area contributed by atoms with Crippen LogP contribution in [0.5, 0.6) is 11.5 Å². The average Bonchev–Trinajstić information content (AvgIpc) is 3.28. The molecule has 0 radical (unpaired) electrons. The summed E-state index contributed by atoms with van der Waals surface area (Å²) in [6.45, 7) is 3.11. The molecule has 166 valence electrons. The molecule has 0 bridgehead atoms. The van der Waals surface area contributed by atoms with E-state index in [0.717, 1.165) is 10.5 Å². The van der Waals surface area contributed by atoms with Gasteiger partial charge < -0.3 is 28.6 Å². The number of nitrogens with zero attached hydrogens (tertiary/aromatic N) is 2. The fraction of sp³-hybridized carbons (Fsp3) is 0.619. The smallest absolute Gasteiger partial charge is 0.327 e. The molecule has 0 N–H and O–H groups in total. The summed E-state index contributed by atoms with van der Waals surface area (Å²) in [4.78, 5) is 28.1. The summed E-state index contributed by atoms with van der Waals surface area (Å²) < 4.78 is 45.6. The number of carbonyl (C=O) groups excluding carboxylic acids is 2. The first-order valence-electron chi connectivity index (χ1n) is 11.2. The van der Waals surface area contributed by atoms with Crippen molar-refractivity contribution in [1.29, 1.82) is 0 Å². The highest BCUT2D eigenvalue weighted by Gasteiger charge is 2.68. The monoisotopic (exact) mass is 496 g/mol. The third kappa shape index (κ3) is 2.71. The Morgan fingerprint density at radius 1 is 1.16 bits per heavy atom. The van der Waals surface area contributed by atoms with Crippen LogP contribution in [-0.4, -0.2) is 78.3 Å². The van der Waals surface area contributed by atoms with E-state index in [4.69, 9.17) is 26.4 Å². The van der Waals surface area contributed by atoms with Gasteiger partial charge >= 0.3 is 6.03 Å². The summed E-state index contributed by atoms with van der Waals surface area (Å²) in [6.07, 6.45) is -1.37. The molecule has 0 unspecified atom stereocenters. The molecule has 1 saturated carbocycles. The van der Waals surface area contributed by atoms with Gasteiger partial charge in [-0.1, -0.05) is 15.9 Å². The number of fused-ring (bicyclic) bond motifs is 4. The van der Waals surface area contributed by atoms with E-state index in [2.05, 4.69) is 15.9 Å². The van der Waals surface area contributed by atoms with Crippen molar-refractivity contribution in [3.8, 4) is 11.5 Å². The average molecular weight is 497 g/mol. The molecule has 3 saturated heterocycles. The lowest BCUT2D eigenvalue weighted by Gasteiger charge is -2.41. The largest absolute Gasteiger partial charge is 0.454 e. The van der Waals surface area contributed by atoms with Crippen LogP contribution in [0.15, 0.2) is 10.5 Å². The van der Waals surface area contributed by atoms with Crippen LogP contribution in [0.25, 0.3) is 0 Å². The molecule has 5 aliphatic rings. The number of hydrogen-bond acceptors (Lipinski definition) is 7. The van der Waals surface area contributed by atoms with Crippen molar-refractivity contribution in [2.75, 3.05) is 20.3 Å². The van der Waals surface area contributed by atoms with Crippen molar-refractivity contribution < 1.29 is 36.0 Å². The highest BCUT2D eigenvalue weighted by atomic mass is 79.9. The van der Waals surface area contributed by atoms with Crippen molar-refractivity contribution in [1.82, 2.24) is 9.80 Å². The van der Waals surface area contributed by atoms with Crippen LogP contribution in [0.2, 0.25) is 0 Å². The molecular formula is C21H23BrN2O7. The molecule has 6 rings (SSSR count). The number of hydrogen-bond donors (Lipinski definition) is 0. The van der Waals surface area contributed by atoms with Crippen LogP contribution >= 0.6 is 15.9 Å². The van der Waals surface area contributed by atoms with Crippen molar-refractivity contribution in [2.45, 2.75) is 62.9 Å². The Labute approximate surface area is 190 Å². The Hall–Kier alpha value is -1.88. The summed E-state index contributed by atoms with van der Waals surface area (Å²) in [5, 5.41) is 0. The van der Waals surface area contributed by atoms with Crippen molar-refractivity contribution in [3.63, 3.8) is 0 Å². The van der Waals surface area contributed by atoms with Gasteiger partial charge in [-0.15, -0.1) is 0 Å². The maximum atomic E-state index is 13.1. The summed E-state index contributed by atoms with van der Waals surface area (Å²) in [6, 6.07) is 0.780. The van der Waals surface area contributed by atoms with E-state index in [0.29, 0.717) is 15.8 Å². The number of carbonyl (C=O) groups is 2. The Morgan fingerprint density at radius 2 is 1.90 bits per heavy atom. The summed E-state index contributed by atoms with van der Waals surface area (Å²) in [5.74, 6) is -0.927. The molecule has 10 heteroatoms. The molecule has 0 spiro atoms. The number of amides is 3. The van der Waals surface area contributed by atoms with Gasteiger partial charge in [-0.3, -0.25) is 9.69 Å². The van der Waals surface area contributed by atoms with E-state index < -0.39 is 30.7 Å². The van der Waals surface area contributed by atoms with Gasteiger partial charge in [0.1, 0.15) is 27.6 Å². The zero-order valence-electron chi connectivity index (χ0n) is 19.4. The normalized spacial score (nSPS) is 39.9. The fourth-order valence-electron chi connectivity index (χ4n) is 5.33. The quantitative estimate of drug-likeness (QED) is 0.457. The third-order valence-corrected chi connectivity index (χ3v) is 7.82. The predicted molar refractivity (Wildman–Crippen MR) is 109 cm³/mol. The molecule has 0 aromatic heterocycles. The highest BCUT2D eigenvalue weighted by Crippen LogP contribution is 2.56. The lowest BCUT2D eigenvalue weighted by Crippen LogP contribution is -2.57. The van der Waals surface area contributed by atoms with Crippen molar-refractivity contribution in [2.24, 2.45) is 0 Å². The number of likely N-dealkylation sites (N-methyl/N-ethyl adjacent to an activating group) is 1. The molecule has 1 aliphatic carbocycles. The van der Waals surface area contributed by atoms with Gasteiger partial charge in [-0.25, -0.2) is 4.79 Å².